The molecule has 0 radical (unpaired) electrons. The van der Waals surface area contributed by atoms with E-state index in [4.69, 9.17) is 16.3 Å². The number of halogens is 1. The lowest BCUT2D eigenvalue weighted by Gasteiger charge is -2.10. The van der Waals surface area contributed by atoms with E-state index >= 15 is 0 Å². The van der Waals surface area contributed by atoms with Crippen LogP contribution in [0.15, 0.2) is 77.9 Å². The first-order valence-electron chi connectivity index (χ1n) is 8.48. The van der Waals surface area contributed by atoms with Crippen LogP contribution in [0, 0.1) is 6.92 Å². The molecule has 0 spiro atoms. The Labute approximate surface area is 163 Å². The van der Waals surface area contributed by atoms with E-state index < -0.39 is 0 Å². The number of carbonyl (C=O) groups is 1. The van der Waals surface area contributed by atoms with Gasteiger partial charge in [-0.05, 0) is 42.3 Å². The van der Waals surface area contributed by atoms with E-state index in [2.05, 4.69) is 10.5 Å². The van der Waals surface area contributed by atoms with Crippen LogP contribution in [-0.2, 0) is 6.61 Å². The van der Waals surface area contributed by atoms with Gasteiger partial charge in [0.05, 0.1) is 11.8 Å². The Morgan fingerprint density at radius 3 is 2.48 bits per heavy atom. The Hall–Kier alpha value is -3.11. The summed E-state index contributed by atoms with van der Waals surface area (Å²) in [5.41, 5.74) is 6.01. The summed E-state index contributed by atoms with van der Waals surface area (Å²) in [6, 6.07) is 22.3. The summed E-state index contributed by atoms with van der Waals surface area (Å²) in [6.07, 6.45) is 1.61. The number of ether oxygens (including phenoxy) is 1. The third-order valence-corrected chi connectivity index (χ3v) is 4.15. The van der Waals surface area contributed by atoms with Crippen LogP contribution in [-0.4, -0.2) is 12.1 Å². The van der Waals surface area contributed by atoms with Crippen LogP contribution in [0.5, 0.6) is 5.75 Å². The topological polar surface area (TPSA) is 50.7 Å². The van der Waals surface area contributed by atoms with Crippen LogP contribution in [0.25, 0.3) is 0 Å². The van der Waals surface area contributed by atoms with Crippen LogP contribution < -0.4 is 10.2 Å². The van der Waals surface area contributed by atoms with Crippen LogP contribution >= 0.6 is 11.6 Å². The van der Waals surface area contributed by atoms with E-state index in [1.807, 2.05) is 49.4 Å². The molecule has 3 rings (SSSR count). The minimum absolute atomic E-state index is 0.329. The van der Waals surface area contributed by atoms with Crippen LogP contribution in [0.4, 0.5) is 0 Å². The molecular formula is C22H19ClN2O2. The summed E-state index contributed by atoms with van der Waals surface area (Å²) in [5.74, 6) is 0.167. The first-order valence-corrected chi connectivity index (χ1v) is 8.86. The number of rotatable bonds is 6. The number of hydrogen-bond acceptors (Lipinski definition) is 3. The normalized spacial score (nSPS) is 10.7. The molecule has 1 N–H and O–H groups in total. The molecule has 0 aromatic heterocycles. The van der Waals surface area contributed by atoms with E-state index in [1.165, 1.54) is 5.56 Å². The van der Waals surface area contributed by atoms with Crippen LogP contribution in [0.3, 0.4) is 0 Å². The third-order valence-electron chi connectivity index (χ3n) is 3.90. The fourth-order valence-corrected chi connectivity index (χ4v) is 2.53. The van der Waals surface area contributed by atoms with Gasteiger partial charge in [-0.15, -0.1) is 0 Å². The van der Waals surface area contributed by atoms with Crippen molar-refractivity contribution in [2.45, 2.75) is 13.5 Å². The zero-order valence-corrected chi connectivity index (χ0v) is 15.6. The van der Waals surface area contributed by atoms with Crippen molar-refractivity contribution in [3.63, 3.8) is 0 Å². The quantitative estimate of drug-likeness (QED) is 0.485. The number of nitrogens with one attached hydrogen (secondary N) is 1. The van der Waals surface area contributed by atoms with Gasteiger partial charge in [0.2, 0.25) is 0 Å². The van der Waals surface area contributed by atoms with Gasteiger partial charge in [-0.2, -0.15) is 5.10 Å². The highest BCUT2D eigenvalue weighted by Gasteiger charge is 2.11. The number of nitrogens with zero attached hydrogens (tertiary/aromatic N) is 1. The van der Waals surface area contributed by atoms with Crippen molar-refractivity contribution in [3.8, 4) is 5.75 Å². The van der Waals surface area contributed by atoms with Crippen molar-refractivity contribution in [3.05, 3.63) is 100 Å². The Kier molecular flexibility index (Phi) is 6.23. The average molecular weight is 379 g/mol. The Morgan fingerprint density at radius 2 is 1.74 bits per heavy atom. The van der Waals surface area contributed by atoms with E-state index in [0.29, 0.717) is 22.9 Å². The fourth-order valence-electron chi connectivity index (χ4n) is 2.40. The molecule has 3 aromatic rings. The summed E-state index contributed by atoms with van der Waals surface area (Å²) in [5, 5.41) is 4.69. The molecule has 0 aliphatic rings. The standard InChI is InChI=1S/C22H19ClN2O2/c1-16-6-8-17(9-7-16)14-24-25-22(26)20-4-2-3-5-21(20)27-15-18-10-12-19(23)13-11-18/h2-14H,15H2,1H3,(H,25,26)/b24-14+. The maximum atomic E-state index is 12.4. The molecule has 0 fully saturated rings. The van der Waals surface area contributed by atoms with E-state index in [-0.39, 0.29) is 5.91 Å². The van der Waals surface area contributed by atoms with Crippen molar-refractivity contribution >= 4 is 23.7 Å². The fraction of sp³-hybridized carbons (Fsp3) is 0.0909. The van der Waals surface area contributed by atoms with Crippen molar-refractivity contribution in [2.75, 3.05) is 0 Å². The summed E-state index contributed by atoms with van der Waals surface area (Å²) in [6.45, 7) is 2.36. The van der Waals surface area contributed by atoms with Crippen molar-refractivity contribution in [1.29, 1.82) is 0 Å². The number of amides is 1. The van der Waals surface area contributed by atoms with Gasteiger partial charge in [-0.1, -0.05) is 65.7 Å². The predicted molar refractivity (Wildman–Crippen MR) is 108 cm³/mol. The lowest BCUT2D eigenvalue weighted by Crippen LogP contribution is -2.18. The number of carbonyl (C=O) groups excluding carboxylic acids is 1. The molecule has 4 nitrogen and oxygen atoms in total. The first-order chi connectivity index (χ1) is 13.1. The summed E-state index contributed by atoms with van der Waals surface area (Å²) >= 11 is 5.89. The highest BCUT2D eigenvalue weighted by molar-refractivity contribution is 6.30. The van der Waals surface area contributed by atoms with Gasteiger partial charge in [0, 0.05) is 5.02 Å². The molecule has 27 heavy (non-hydrogen) atoms. The molecule has 0 atom stereocenters. The molecule has 136 valence electrons. The molecule has 5 heteroatoms. The van der Waals surface area contributed by atoms with Crippen molar-refractivity contribution in [1.82, 2.24) is 5.43 Å². The number of hydrogen-bond donors (Lipinski definition) is 1. The number of hydrazone groups is 1. The molecule has 0 aliphatic carbocycles. The van der Waals surface area contributed by atoms with Gasteiger partial charge < -0.3 is 4.74 Å². The predicted octanol–water partition coefficient (Wildman–Crippen LogP) is 4.99. The minimum atomic E-state index is -0.329. The zero-order chi connectivity index (χ0) is 19.1. The lowest BCUT2D eigenvalue weighted by atomic mass is 10.2. The van der Waals surface area contributed by atoms with Crippen LogP contribution in [0.1, 0.15) is 27.0 Å². The van der Waals surface area contributed by atoms with E-state index in [1.54, 1.807) is 36.5 Å². The van der Waals surface area contributed by atoms with Crippen molar-refractivity contribution < 1.29 is 9.53 Å². The van der Waals surface area contributed by atoms with Gasteiger partial charge in [-0.3, -0.25) is 4.79 Å². The second-order valence-electron chi connectivity index (χ2n) is 6.02. The van der Waals surface area contributed by atoms with Gasteiger partial charge in [-0.25, -0.2) is 5.43 Å². The van der Waals surface area contributed by atoms with Crippen LogP contribution in [0.2, 0.25) is 5.02 Å². The smallest absolute Gasteiger partial charge is 0.275 e. The SMILES string of the molecule is Cc1ccc(/C=N/NC(=O)c2ccccc2OCc2ccc(Cl)cc2)cc1. The van der Waals surface area contributed by atoms with E-state index in [0.717, 1.165) is 11.1 Å². The number of benzene rings is 3. The third kappa shape index (κ3) is 5.43. The minimum Gasteiger partial charge on any atom is -0.488 e. The lowest BCUT2D eigenvalue weighted by molar-refractivity contribution is 0.0950. The molecule has 3 aromatic carbocycles. The van der Waals surface area contributed by atoms with Gasteiger partial charge in [0.15, 0.2) is 0 Å². The van der Waals surface area contributed by atoms with Gasteiger partial charge in [0.1, 0.15) is 12.4 Å². The highest BCUT2D eigenvalue weighted by atomic mass is 35.5. The molecule has 0 heterocycles. The molecule has 0 saturated carbocycles. The second kappa shape index (κ2) is 9.01. The first kappa shape index (κ1) is 18.7. The highest BCUT2D eigenvalue weighted by Crippen LogP contribution is 2.20. The summed E-state index contributed by atoms with van der Waals surface area (Å²) in [7, 11) is 0. The second-order valence-corrected chi connectivity index (χ2v) is 6.46. The summed E-state index contributed by atoms with van der Waals surface area (Å²) in [4.78, 5) is 12.4. The maximum Gasteiger partial charge on any atom is 0.275 e. The largest absolute Gasteiger partial charge is 0.488 e. The van der Waals surface area contributed by atoms with Gasteiger partial charge >= 0.3 is 0 Å². The molecule has 0 unspecified atom stereocenters. The Bertz CT molecular complexity index is 935. The molecule has 0 bridgehead atoms. The summed E-state index contributed by atoms with van der Waals surface area (Å²) < 4.78 is 5.81. The van der Waals surface area contributed by atoms with Gasteiger partial charge in [0.25, 0.3) is 5.91 Å². The number of para-hydroxylation sites is 1. The Balaban J connectivity index is 1.64. The molecule has 0 saturated heterocycles. The monoisotopic (exact) mass is 378 g/mol. The molecular weight excluding hydrogens is 360 g/mol. The average Bonchev–Trinajstić information content (AvgIpc) is 2.69. The zero-order valence-electron chi connectivity index (χ0n) is 14.9. The van der Waals surface area contributed by atoms with Crippen molar-refractivity contribution in [2.24, 2.45) is 5.10 Å². The molecule has 1 amide bonds. The maximum absolute atomic E-state index is 12.4. The number of aryl methyl sites for hydroxylation is 1. The molecule has 0 aliphatic heterocycles. The van der Waals surface area contributed by atoms with E-state index in [9.17, 15) is 4.79 Å². The Morgan fingerprint density at radius 1 is 1.04 bits per heavy atom.